The van der Waals surface area contributed by atoms with Crippen LogP contribution in [-0.2, 0) is 0 Å². The first kappa shape index (κ1) is 14.3. The molecule has 0 amide bonds. The van der Waals surface area contributed by atoms with Gasteiger partial charge in [-0.2, -0.15) is 0 Å². The van der Waals surface area contributed by atoms with Gasteiger partial charge < -0.3 is 15.1 Å². The minimum absolute atomic E-state index is 0.573. The maximum Gasteiger partial charge on any atom is 0.0106 e. The standard InChI is InChI=1S/C15H31N3/c1-17(2)10-11-18(3)13-15(8-4-5-9-15)12-16-14-6-7-14/h14,16H,4-13H2,1-3H3. The van der Waals surface area contributed by atoms with Gasteiger partial charge in [-0.25, -0.2) is 0 Å². The van der Waals surface area contributed by atoms with E-state index in [0.29, 0.717) is 5.41 Å². The average Bonchev–Trinajstić information content (AvgIpc) is 3.05. The number of likely N-dealkylation sites (N-methyl/N-ethyl adjacent to an activating group) is 2. The molecule has 3 heteroatoms. The first-order valence-electron chi connectivity index (χ1n) is 7.66. The van der Waals surface area contributed by atoms with E-state index in [1.807, 2.05) is 0 Å². The summed E-state index contributed by atoms with van der Waals surface area (Å²) in [7, 11) is 6.61. The minimum atomic E-state index is 0.573. The lowest BCUT2D eigenvalue weighted by molar-refractivity contribution is 0.163. The number of nitrogens with one attached hydrogen (secondary N) is 1. The molecule has 2 aliphatic rings. The van der Waals surface area contributed by atoms with Gasteiger partial charge in [0.2, 0.25) is 0 Å². The summed E-state index contributed by atoms with van der Waals surface area (Å²) in [5.41, 5.74) is 0.573. The third-order valence-corrected chi connectivity index (χ3v) is 4.54. The van der Waals surface area contributed by atoms with Gasteiger partial charge in [-0.15, -0.1) is 0 Å². The van der Waals surface area contributed by atoms with Gasteiger partial charge in [0.25, 0.3) is 0 Å². The summed E-state index contributed by atoms with van der Waals surface area (Å²) >= 11 is 0. The van der Waals surface area contributed by atoms with Crippen molar-refractivity contribution in [2.24, 2.45) is 5.41 Å². The highest BCUT2D eigenvalue weighted by Gasteiger charge is 2.36. The fourth-order valence-corrected chi connectivity index (χ4v) is 3.19. The second-order valence-electron chi connectivity index (χ2n) is 6.90. The largest absolute Gasteiger partial charge is 0.313 e. The fraction of sp³-hybridized carbons (Fsp3) is 1.00. The Bertz CT molecular complexity index is 242. The molecule has 3 nitrogen and oxygen atoms in total. The average molecular weight is 253 g/mol. The summed E-state index contributed by atoms with van der Waals surface area (Å²) in [4.78, 5) is 4.82. The number of rotatable bonds is 8. The molecule has 2 aliphatic carbocycles. The lowest BCUT2D eigenvalue weighted by atomic mass is 9.85. The molecule has 0 aromatic heterocycles. The predicted octanol–water partition coefficient (Wildman–Crippen LogP) is 1.79. The van der Waals surface area contributed by atoms with E-state index in [1.54, 1.807) is 0 Å². The third-order valence-electron chi connectivity index (χ3n) is 4.54. The molecule has 106 valence electrons. The summed E-state index contributed by atoms with van der Waals surface area (Å²) in [6.07, 6.45) is 8.55. The second-order valence-corrected chi connectivity index (χ2v) is 6.90. The van der Waals surface area contributed by atoms with Crippen molar-refractivity contribution in [3.63, 3.8) is 0 Å². The van der Waals surface area contributed by atoms with Crippen LogP contribution in [0.2, 0.25) is 0 Å². The van der Waals surface area contributed by atoms with E-state index < -0.39 is 0 Å². The molecule has 0 spiro atoms. The maximum absolute atomic E-state index is 3.77. The van der Waals surface area contributed by atoms with Crippen molar-refractivity contribution in [3.8, 4) is 0 Å². The van der Waals surface area contributed by atoms with Crippen LogP contribution in [0.5, 0.6) is 0 Å². The van der Waals surface area contributed by atoms with Crippen LogP contribution >= 0.6 is 0 Å². The Labute approximate surface area is 113 Å². The number of hydrogen-bond acceptors (Lipinski definition) is 3. The summed E-state index contributed by atoms with van der Waals surface area (Å²) in [5, 5.41) is 3.77. The van der Waals surface area contributed by atoms with Crippen molar-refractivity contribution >= 4 is 0 Å². The number of hydrogen-bond donors (Lipinski definition) is 1. The Morgan fingerprint density at radius 3 is 2.28 bits per heavy atom. The second kappa shape index (κ2) is 6.36. The molecule has 0 aromatic carbocycles. The van der Waals surface area contributed by atoms with E-state index in [4.69, 9.17) is 0 Å². The zero-order valence-electron chi connectivity index (χ0n) is 12.5. The maximum atomic E-state index is 3.77. The molecule has 0 atom stereocenters. The third kappa shape index (κ3) is 4.52. The zero-order valence-corrected chi connectivity index (χ0v) is 12.5. The highest BCUT2D eigenvalue weighted by molar-refractivity contribution is 4.92. The zero-order chi connectivity index (χ0) is 13.0. The van der Waals surface area contributed by atoms with Crippen molar-refractivity contribution in [2.45, 2.75) is 44.6 Å². The van der Waals surface area contributed by atoms with Crippen LogP contribution in [0, 0.1) is 5.41 Å². The van der Waals surface area contributed by atoms with Gasteiger partial charge in [0.05, 0.1) is 0 Å². The van der Waals surface area contributed by atoms with Crippen LogP contribution in [0.3, 0.4) is 0 Å². The first-order valence-corrected chi connectivity index (χ1v) is 7.66. The molecule has 0 radical (unpaired) electrons. The van der Waals surface area contributed by atoms with Gasteiger partial charge in [0.1, 0.15) is 0 Å². The quantitative estimate of drug-likeness (QED) is 0.711. The van der Waals surface area contributed by atoms with Crippen molar-refractivity contribution in [1.82, 2.24) is 15.1 Å². The highest BCUT2D eigenvalue weighted by atomic mass is 15.2. The molecule has 0 unspecified atom stereocenters. The van der Waals surface area contributed by atoms with Crippen LogP contribution in [0.1, 0.15) is 38.5 Å². The Kier molecular flexibility index (Phi) is 5.05. The van der Waals surface area contributed by atoms with Crippen LogP contribution < -0.4 is 5.32 Å². The minimum Gasteiger partial charge on any atom is -0.313 e. The summed E-state index contributed by atoms with van der Waals surface area (Å²) in [6, 6.07) is 0.856. The van der Waals surface area contributed by atoms with E-state index in [0.717, 1.165) is 6.04 Å². The van der Waals surface area contributed by atoms with Crippen LogP contribution in [-0.4, -0.2) is 63.2 Å². The van der Waals surface area contributed by atoms with Crippen molar-refractivity contribution in [2.75, 3.05) is 47.3 Å². The SMILES string of the molecule is CN(C)CCN(C)CC1(CNC2CC2)CCCC1. The molecule has 2 saturated carbocycles. The first-order chi connectivity index (χ1) is 8.60. The van der Waals surface area contributed by atoms with Crippen LogP contribution in [0.15, 0.2) is 0 Å². The molecule has 1 N–H and O–H groups in total. The Morgan fingerprint density at radius 1 is 1.06 bits per heavy atom. The van der Waals surface area contributed by atoms with Gasteiger partial charge in [0, 0.05) is 32.2 Å². The topological polar surface area (TPSA) is 18.5 Å². The lowest BCUT2D eigenvalue weighted by Crippen LogP contribution is -2.43. The molecule has 2 fully saturated rings. The van der Waals surface area contributed by atoms with Gasteiger partial charge in [0.15, 0.2) is 0 Å². The Morgan fingerprint density at radius 2 is 1.72 bits per heavy atom. The molecule has 2 rings (SSSR count). The summed E-state index contributed by atoms with van der Waals surface area (Å²) in [5.74, 6) is 0. The summed E-state index contributed by atoms with van der Waals surface area (Å²) in [6.45, 7) is 4.89. The Hall–Kier alpha value is -0.120. The fourth-order valence-electron chi connectivity index (χ4n) is 3.19. The molecular weight excluding hydrogens is 222 g/mol. The van der Waals surface area contributed by atoms with Gasteiger partial charge >= 0.3 is 0 Å². The monoisotopic (exact) mass is 253 g/mol. The van der Waals surface area contributed by atoms with E-state index in [2.05, 4.69) is 36.3 Å². The van der Waals surface area contributed by atoms with E-state index >= 15 is 0 Å². The highest BCUT2D eigenvalue weighted by Crippen LogP contribution is 2.38. The normalized spacial score (nSPS) is 23.2. The van der Waals surface area contributed by atoms with Crippen LogP contribution in [0.4, 0.5) is 0 Å². The van der Waals surface area contributed by atoms with E-state index in [1.165, 1.54) is 64.7 Å². The molecule has 0 aromatic rings. The van der Waals surface area contributed by atoms with Crippen molar-refractivity contribution < 1.29 is 0 Å². The number of nitrogens with zero attached hydrogens (tertiary/aromatic N) is 2. The molecule has 0 heterocycles. The molecule has 18 heavy (non-hydrogen) atoms. The van der Waals surface area contributed by atoms with Gasteiger partial charge in [-0.05, 0) is 52.2 Å². The van der Waals surface area contributed by atoms with Gasteiger partial charge in [-0.1, -0.05) is 12.8 Å². The lowest BCUT2D eigenvalue weighted by Gasteiger charge is -2.34. The van der Waals surface area contributed by atoms with Gasteiger partial charge in [-0.3, -0.25) is 0 Å². The predicted molar refractivity (Wildman–Crippen MR) is 78.0 cm³/mol. The Balaban J connectivity index is 1.76. The summed E-state index contributed by atoms with van der Waals surface area (Å²) < 4.78 is 0. The van der Waals surface area contributed by atoms with E-state index in [-0.39, 0.29) is 0 Å². The smallest absolute Gasteiger partial charge is 0.0106 e. The molecule has 0 aliphatic heterocycles. The molecular formula is C15H31N3. The molecule has 0 saturated heterocycles. The van der Waals surface area contributed by atoms with E-state index in [9.17, 15) is 0 Å². The van der Waals surface area contributed by atoms with Crippen molar-refractivity contribution in [1.29, 1.82) is 0 Å². The van der Waals surface area contributed by atoms with Crippen molar-refractivity contribution in [3.05, 3.63) is 0 Å². The molecule has 0 bridgehead atoms. The van der Waals surface area contributed by atoms with Crippen LogP contribution in [0.25, 0.3) is 0 Å².